The molecule has 1 saturated carbocycles. The summed E-state index contributed by atoms with van der Waals surface area (Å²) in [6.45, 7) is 5.10. The minimum atomic E-state index is -0.0425. The van der Waals surface area contributed by atoms with Gasteiger partial charge in [0.05, 0.1) is 11.3 Å². The zero-order valence-electron chi connectivity index (χ0n) is 19.9. The van der Waals surface area contributed by atoms with Crippen molar-refractivity contribution in [3.8, 4) is 11.3 Å². The normalized spacial score (nSPS) is 16.4. The highest BCUT2D eigenvalue weighted by molar-refractivity contribution is 7.98. The highest BCUT2D eigenvalue weighted by Crippen LogP contribution is 2.48. The summed E-state index contributed by atoms with van der Waals surface area (Å²) in [4.78, 5) is 19.5. The maximum absolute atomic E-state index is 14.2. The molecular formula is C29H34N2OS. The SMILES string of the molecule is CCCCn1c(SCc2ccccc2C)nc2c(c1=O)C1(CCCCC1)Cc1ccccc1-2. The summed E-state index contributed by atoms with van der Waals surface area (Å²) >= 11 is 1.71. The Balaban J connectivity index is 1.66. The standard InChI is InChI=1S/C29H34N2OS/c1-3-4-18-31-27(32)25-26(30-28(31)33-20-23-14-7-6-12-21(23)2)24-15-9-8-13-22(24)19-29(25)16-10-5-11-17-29/h6-9,12-15H,3-5,10-11,16-20H2,1-2H3. The van der Waals surface area contributed by atoms with E-state index in [1.54, 1.807) is 11.8 Å². The number of hydrogen-bond acceptors (Lipinski definition) is 3. The van der Waals surface area contributed by atoms with Crippen molar-refractivity contribution in [2.75, 3.05) is 0 Å². The van der Waals surface area contributed by atoms with Gasteiger partial charge >= 0.3 is 0 Å². The largest absolute Gasteiger partial charge is 0.287 e. The molecule has 0 amide bonds. The number of fused-ring (bicyclic) bond motifs is 4. The molecule has 3 aromatic rings. The van der Waals surface area contributed by atoms with Crippen LogP contribution >= 0.6 is 11.8 Å². The van der Waals surface area contributed by atoms with Gasteiger partial charge in [-0.25, -0.2) is 4.98 Å². The van der Waals surface area contributed by atoms with Gasteiger partial charge in [0.2, 0.25) is 0 Å². The molecule has 5 rings (SSSR count). The Morgan fingerprint density at radius 2 is 1.79 bits per heavy atom. The second-order valence-corrected chi connectivity index (χ2v) is 10.8. The van der Waals surface area contributed by atoms with E-state index >= 15 is 0 Å². The van der Waals surface area contributed by atoms with Crippen LogP contribution in [0.3, 0.4) is 0 Å². The number of hydrogen-bond donors (Lipinski definition) is 0. The van der Waals surface area contributed by atoms with Crippen molar-refractivity contribution >= 4 is 11.8 Å². The number of benzene rings is 2. The first-order chi connectivity index (χ1) is 16.1. The van der Waals surface area contributed by atoms with E-state index in [-0.39, 0.29) is 11.0 Å². The Hall–Kier alpha value is -2.33. The summed E-state index contributed by atoms with van der Waals surface area (Å²) in [5.41, 5.74) is 7.27. The average Bonchev–Trinajstić information content (AvgIpc) is 2.83. The first-order valence-corrected chi connectivity index (χ1v) is 13.5. The number of thioether (sulfide) groups is 1. The third-order valence-electron chi connectivity index (χ3n) is 7.63. The van der Waals surface area contributed by atoms with Crippen LogP contribution in [0.1, 0.15) is 74.1 Å². The van der Waals surface area contributed by atoms with Crippen LogP contribution in [0.4, 0.5) is 0 Å². The molecule has 2 aliphatic carbocycles. The molecule has 0 bridgehead atoms. The van der Waals surface area contributed by atoms with E-state index in [4.69, 9.17) is 4.98 Å². The number of rotatable bonds is 6. The molecule has 2 aliphatic rings. The molecule has 0 aliphatic heterocycles. The molecule has 1 fully saturated rings. The van der Waals surface area contributed by atoms with Crippen molar-refractivity contribution in [1.82, 2.24) is 9.55 Å². The van der Waals surface area contributed by atoms with E-state index in [0.29, 0.717) is 0 Å². The predicted molar refractivity (Wildman–Crippen MR) is 138 cm³/mol. The molecule has 0 unspecified atom stereocenters. The van der Waals surface area contributed by atoms with Gasteiger partial charge in [0, 0.05) is 23.3 Å². The summed E-state index contributed by atoms with van der Waals surface area (Å²) in [6, 6.07) is 17.2. The third kappa shape index (κ3) is 4.19. The molecule has 4 heteroatoms. The number of aromatic nitrogens is 2. The highest BCUT2D eigenvalue weighted by Gasteiger charge is 2.43. The van der Waals surface area contributed by atoms with Gasteiger partial charge in [0.15, 0.2) is 5.16 Å². The van der Waals surface area contributed by atoms with E-state index < -0.39 is 0 Å². The van der Waals surface area contributed by atoms with Gasteiger partial charge in [0.1, 0.15) is 0 Å². The maximum Gasteiger partial charge on any atom is 0.258 e. The predicted octanol–water partition coefficient (Wildman–Crippen LogP) is 7.07. The fourth-order valence-corrected chi connectivity index (χ4v) is 6.85. The molecule has 1 heterocycles. The molecule has 0 saturated heterocycles. The van der Waals surface area contributed by atoms with Crippen molar-refractivity contribution in [1.29, 1.82) is 0 Å². The number of unbranched alkanes of at least 4 members (excludes halogenated alkanes) is 1. The van der Waals surface area contributed by atoms with Gasteiger partial charge in [-0.1, -0.05) is 92.9 Å². The Bertz CT molecular complexity index is 1210. The van der Waals surface area contributed by atoms with Gasteiger partial charge in [0.25, 0.3) is 5.56 Å². The van der Waals surface area contributed by atoms with Gasteiger partial charge in [-0.2, -0.15) is 0 Å². The first kappa shape index (κ1) is 22.5. The fourth-order valence-electron chi connectivity index (χ4n) is 5.76. The molecule has 1 aromatic heterocycles. The molecule has 1 spiro atoms. The van der Waals surface area contributed by atoms with Crippen molar-refractivity contribution in [3.05, 3.63) is 81.1 Å². The second kappa shape index (κ2) is 9.50. The van der Waals surface area contributed by atoms with Crippen LogP contribution in [0.2, 0.25) is 0 Å². The van der Waals surface area contributed by atoms with Gasteiger partial charge in [-0.15, -0.1) is 0 Å². The fraction of sp³-hybridized carbons (Fsp3) is 0.448. The molecule has 0 radical (unpaired) electrons. The van der Waals surface area contributed by atoms with Crippen LogP contribution < -0.4 is 5.56 Å². The minimum absolute atomic E-state index is 0.0425. The maximum atomic E-state index is 14.2. The van der Waals surface area contributed by atoms with Crippen molar-refractivity contribution in [3.63, 3.8) is 0 Å². The second-order valence-electron chi connectivity index (χ2n) is 9.82. The minimum Gasteiger partial charge on any atom is -0.287 e. The van der Waals surface area contributed by atoms with Crippen molar-refractivity contribution in [2.45, 2.75) is 88.1 Å². The molecule has 33 heavy (non-hydrogen) atoms. The van der Waals surface area contributed by atoms with E-state index in [2.05, 4.69) is 62.4 Å². The molecule has 172 valence electrons. The average molecular weight is 459 g/mol. The van der Waals surface area contributed by atoms with Crippen molar-refractivity contribution < 1.29 is 0 Å². The number of aryl methyl sites for hydroxylation is 1. The molecular weight excluding hydrogens is 424 g/mol. The Labute approximate surface area is 201 Å². The van der Waals surface area contributed by atoms with E-state index in [9.17, 15) is 4.79 Å². The van der Waals surface area contributed by atoms with Crippen LogP contribution in [-0.4, -0.2) is 9.55 Å². The van der Waals surface area contributed by atoms with E-state index in [0.717, 1.165) is 60.8 Å². The Morgan fingerprint density at radius 1 is 1.03 bits per heavy atom. The van der Waals surface area contributed by atoms with Gasteiger partial charge in [-0.05, 0) is 49.3 Å². The monoisotopic (exact) mass is 458 g/mol. The smallest absolute Gasteiger partial charge is 0.258 e. The van der Waals surface area contributed by atoms with Crippen LogP contribution in [0.25, 0.3) is 11.3 Å². The molecule has 2 aromatic carbocycles. The van der Waals surface area contributed by atoms with Crippen LogP contribution in [0, 0.1) is 6.92 Å². The summed E-state index contributed by atoms with van der Waals surface area (Å²) in [5.74, 6) is 0.830. The summed E-state index contributed by atoms with van der Waals surface area (Å²) in [6.07, 6.45) is 8.96. The summed E-state index contributed by atoms with van der Waals surface area (Å²) < 4.78 is 2.01. The van der Waals surface area contributed by atoms with Crippen LogP contribution in [0.15, 0.2) is 58.5 Å². The van der Waals surface area contributed by atoms with Gasteiger partial charge < -0.3 is 0 Å². The molecule has 0 atom stereocenters. The Kier molecular flexibility index (Phi) is 6.47. The van der Waals surface area contributed by atoms with Gasteiger partial charge in [-0.3, -0.25) is 9.36 Å². The quantitative estimate of drug-likeness (QED) is 0.293. The van der Waals surface area contributed by atoms with Crippen molar-refractivity contribution in [2.24, 2.45) is 0 Å². The number of nitrogens with zero attached hydrogens (tertiary/aromatic N) is 2. The topological polar surface area (TPSA) is 34.9 Å². The molecule has 3 nitrogen and oxygen atoms in total. The van der Waals surface area contributed by atoms with E-state index in [1.807, 2.05) is 4.57 Å². The van der Waals surface area contributed by atoms with E-state index in [1.165, 1.54) is 41.5 Å². The first-order valence-electron chi connectivity index (χ1n) is 12.5. The van der Waals surface area contributed by atoms with Crippen LogP contribution in [-0.2, 0) is 24.1 Å². The zero-order chi connectivity index (χ0) is 22.8. The van der Waals surface area contributed by atoms with Crippen LogP contribution in [0.5, 0.6) is 0 Å². The lowest BCUT2D eigenvalue weighted by Crippen LogP contribution is -2.43. The third-order valence-corrected chi connectivity index (χ3v) is 8.65. The highest BCUT2D eigenvalue weighted by atomic mass is 32.2. The summed E-state index contributed by atoms with van der Waals surface area (Å²) in [5, 5.41) is 0.873. The lowest BCUT2D eigenvalue weighted by Gasteiger charge is -2.42. The molecule has 0 N–H and O–H groups in total. The summed E-state index contributed by atoms with van der Waals surface area (Å²) in [7, 11) is 0. The zero-order valence-corrected chi connectivity index (χ0v) is 20.7. The Morgan fingerprint density at radius 3 is 2.58 bits per heavy atom. The lowest BCUT2D eigenvalue weighted by molar-refractivity contribution is 0.281. The lowest BCUT2D eigenvalue weighted by atomic mass is 9.62.